The molecule has 102 valence electrons. The number of hydrogen-bond donors (Lipinski definition) is 3. The van der Waals surface area contributed by atoms with Crippen LogP contribution in [0.2, 0.25) is 0 Å². The van der Waals surface area contributed by atoms with Crippen LogP contribution in [0.5, 0.6) is 5.75 Å². The van der Waals surface area contributed by atoms with Crippen molar-refractivity contribution in [3.8, 4) is 5.75 Å². The minimum atomic E-state index is -1.11. The van der Waals surface area contributed by atoms with Crippen molar-refractivity contribution in [3.63, 3.8) is 0 Å². The van der Waals surface area contributed by atoms with Crippen molar-refractivity contribution in [2.45, 2.75) is 6.92 Å². The summed E-state index contributed by atoms with van der Waals surface area (Å²) in [6.07, 6.45) is 0. The minimum Gasteiger partial charge on any atom is -0.508 e. The number of nitrogens with one attached hydrogen (secondary N) is 1. The van der Waals surface area contributed by atoms with Crippen LogP contribution in [0.4, 0.5) is 5.69 Å². The molecule has 0 atom stereocenters. The molecule has 0 saturated heterocycles. The molecule has 0 bridgehead atoms. The number of rotatable bonds is 3. The number of carbonyl (C=O) groups excluding carboxylic acids is 1. The molecule has 3 N–H and O–H groups in total. The average Bonchev–Trinajstić information content (AvgIpc) is 2.40. The lowest BCUT2D eigenvalue weighted by atomic mass is 10.1. The Labute approximate surface area is 115 Å². The lowest BCUT2D eigenvalue weighted by Crippen LogP contribution is -2.15. The van der Waals surface area contributed by atoms with E-state index in [4.69, 9.17) is 5.11 Å². The Morgan fingerprint density at radius 1 is 1.10 bits per heavy atom. The molecule has 1 amide bonds. The Morgan fingerprint density at radius 2 is 1.80 bits per heavy atom. The van der Waals surface area contributed by atoms with Crippen LogP contribution in [-0.2, 0) is 0 Å². The smallest absolute Gasteiger partial charge is 0.337 e. The van der Waals surface area contributed by atoms with Gasteiger partial charge in [0.1, 0.15) is 5.75 Å². The largest absolute Gasteiger partial charge is 0.508 e. The highest BCUT2D eigenvalue weighted by atomic mass is 16.4. The summed E-state index contributed by atoms with van der Waals surface area (Å²) in [4.78, 5) is 23.2. The fourth-order valence-corrected chi connectivity index (χ4v) is 1.84. The van der Waals surface area contributed by atoms with Gasteiger partial charge in [0, 0.05) is 5.56 Å². The van der Waals surface area contributed by atoms with Crippen molar-refractivity contribution in [1.82, 2.24) is 0 Å². The number of phenols is 1. The third-order valence-corrected chi connectivity index (χ3v) is 2.85. The summed E-state index contributed by atoms with van der Waals surface area (Å²) in [7, 11) is 0. The number of carbonyl (C=O) groups is 2. The van der Waals surface area contributed by atoms with Gasteiger partial charge in [-0.3, -0.25) is 4.79 Å². The lowest BCUT2D eigenvalue weighted by Gasteiger charge is -2.11. The molecule has 2 rings (SSSR count). The number of carboxylic acid groups (broad SMARTS) is 1. The number of hydrogen-bond acceptors (Lipinski definition) is 3. The molecule has 0 aliphatic rings. The molecule has 2 aromatic carbocycles. The van der Waals surface area contributed by atoms with Gasteiger partial charge in [0.2, 0.25) is 0 Å². The monoisotopic (exact) mass is 271 g/mol. The molecule has 0 aliphatic carbocycles. The molecule has 20 heavy (non-hydrogen) atoms. The van der Waals surface area contributed by atoms with Crippen LogP contribution in [0.15, 0.2) is 42.5 Å². The summed E-state index contributed by atoms with van der Waals surface area (Å²) in [6.45, 7) is 1.71. The third kappa shape index (κ3) is 2.77. The molecule has 5 heteroatoms. The first-order valence-corrected chi connectivity index (χ1v) is 5.92. The maximum atomic E-state index is 12.1. The highest BCUT2D eigenvalue weighted by Crippen LogP contribution is 2.22. The van der Waals surface area contributed by atoms with Gasteiger partial charge in [-0.2, -0.15) is 0 Å². The van der Waals surface area contributed by atoms with Crippen LogP contribution in [0.25, 0.3) is 0 Å². The second kappa shape index (κ2) is 5.44. The van der Waals surface area contributed by atoms with Gasteiger partial charge in [-0.1, -0.05) is 18.2 Å². The van der Waals surface area contributed by atoms with Gasteiger partial charge in [-0.25, -0.2) is 4.79 Å². The zero-order chi connectivity index (χ0) is 14.7. The normalized spacial score (nSPS) is 10.1. The Hall–Kier alpha value is -2.82. The molecule has 2 aromatic rings. The van der Waals surface area contributed by atoms with Crippen LogP contribution in [0.3, 0.4) is 0 Å². The van der Waals surface area contributed by atoms with Gasteiger partial charge in [0.25, 0.3) is 5.91 Å². The molecule has 0 saturated carbocycles. The van der Waals surface area contributed by atoms with E-state index in [2.05, 4.69) is 5.32 Å². The minimum absolute atomic E-state index is 0.0264. The van der Waals surface area contributed by atoms with Gasteiger partial charge in [0.15, 0.2) is 0 Å². The van der Waals surface area contributed by atoms with Crippen LogP contribution < -0.4 is 5.32 Å². The van der Waals surface area contributed by atoms with Crippen LogP contribution in [-0.4, -0.2) is 22.1 Å². The predicted molar refractivity (Wildman–Crippen MR) is 74.2 cm³/mol. The highest BCUT2D eigenvalue weighted by Gasteiger charge is 2.15. The van der Waals surface area contributed by atoms with Gasteiger partial charge in [-0.15, -0.1) is 0 Å². The van der Waals surface area contributed by atoms with Crippen molar-refractivity contribution in [1.29, 1.82) is 0 Å². The van der Waals surface area contributed by atoms with Crippen LogP contribution in [0.1, 0.15) is 26.3 Å². The second-order valence-corrected chi connectivity index (χ2v) is 4.31. The number of aromatic hydroxyl groups is 1. The number of amides is 1. The van der Waals surface area contributed by atoms with Gasteiger partial charge in [0.05, 0.1) is 11.3 Å². The molecule has 5 nitrogen and oxygen atoms in total. The van der Waals surface area contributed by atoms with E-state index < -0.39 is 11.9 Å². The van der Waals surface area contributed by atoms with E-state index >= 15 is 0 Å². The van der Waals surface area contributed by atoms with Crippen LogP contribution >= 0.6 is 0 Å². The lowest BCUT2D eigenvalue weighted by molar-refractivity contribution is 0.0698. The molecule has 0 radical (unpaired) electrons. The Morgan fingerprint density at radius 3 is 2.45 bits per heavy atom. The van der Waals surface area contributed by atoms with Crippen LogP contribution in [0, 0.1) is 6.92 Å². The van der Waals surface area contributed by atoms with Crippen molar-refractivity contribution >= 4 is 17.6 Å². The zero-order valence-electron chi connectivity index (χ0n) is 10.8. The number of aryl methyl sites for hydroxylation is 1. The number of benzene rings is 2. The number of aromatic carboxylic acids is 1. The molecular formula is C15H13NO4. The fraction of sp³-hybridized carbons (Fsp3) is 0.0667. The Balaban J connectivity index is 2.35. The standard InChI is InChI=1S/C15H13NO4/c1-9-4-2-7-12(15(19)20)13(9)16-14(18)10-5-3-6-11(17)8-10/h2-8,17H,1H3,(H,16,18)(H,19,20). The van der Waals surface area contributed by atoms with Crippen molar-refractivity contribution in [2.24, 2.45) is 0 Å². The first kappa shape index (κ1) is 13.6. The predicted octanol–water partition coefficient (Wildman–Crippen LogP) is 2.65. The van der Waals surface area contributed by atoms with E-state index in [1.54, 1.807) is 25.1 Å². The molecule has 0 unspecified atom stereocenters. The quantitative estimate of drug-likeness (QED) is 0.801. The fourth-order valence-electron chi connectivity index (χ4n) is 1.84. The first-order valence-electron chi connectivity index (χ1n) is 5.92. The van der Waals surface area contributed by atoms with Gasteiger partial charge in [-0.05, 0) is 36.8 Å². The molecule has 0 aliphatic heterocycles. The van der Waals surface area contributed by atoms with E-state index in [0.717, 1.165) is 0 Å². The van der Waals surface area contributed by atoms with E-state index in [9.17, 15) is 14.7 Å². The van der Waals surface area contributed by atoms with E-state index in [1.807, 2.05) is 0 Å². The molecule has 0 heterocycles. The summed E-state index contributed by atoms with van der Waals surface area (Å²) in [5, 5.41) is 21.1. The first-order chi connectivity index (χ1) is 9.49. The summed E-state index contributed by atoms with van der Waals surface area (Å²) < 4.78 is 0. The SMILES string of the molecule is Cc1cccc(C(=O)O)c1NC(=O)c1cccc(O)c1. The second-order valence-electron chi connectivity index (χ2n) is 4.31. The van der Waals surface area contributed by atoms with Gasteiger partial charge >= 0.3 is 5.97 Å². The Bertz CT molecular complexity index is 679. The van der Waals surface area contributed by atoms with E-state index in [-0.39, 0.29) is 22.6 Å². The molecule has 0 spiro atoms. The number of anilines is 1. The average molecular weight is 271 g/mol. The molecule has 0 aromatic heterocycles. The van der Waals surface area contributed by atoms with Crippen molar-refractivity contribution in [2.75, 3.05) is 5.32 Å². The molecule has 0 fully saturated rings. The number of phenolic OH excluding ortho intramolecular Hbond substituents is 1. The maximum Gasteiger partial charge on any atom is 0.337 e. The molecular weight excluding hydrogens is 258 g/mol. The van der Waals surface area contributed by atoms with Crippen molar-refractivity contribution < 1.29 is 19.8 Å². The highest BCUT2D eigenvalue weighted by molar-refractivity contribution is 6.08. The number of para-hydroxylation sites is 1. The van der Waals surface area contributed by atoms with Gasteiger partial charge < -0.3 is 15.5 Å². The van der Waals surface area contributed by atoms with Crippen molar-refractivity contribution in [3.05, 3.63) is 59.2 Å². The Kier molecular flexibility index (Phi) is 3.70. The maximum absolute atomic E-state index is 12.1. The topological polar surface area (TPSA) is 86.6 Å². The third-order valence-electron chi connectivity index (χ3n) is 2.85. The number of carboxylic acids is 1. The summed E-state index contributed by atoms with van der Waals surface area (Å²) in [5.74, 6) is -1.61. The van der Waals surface area contributed by atoms with E-state index in [1.165, 1.54) is 24.3 Å². The zero-order valence-corrected chi connectivity index (χ0v) is 10.8. The summed E-state index contributed by atoms with van der Waals surface area (Å²) in [6, 6.07) is 10.6. The van der Waals surface area contributed by atoms with E-state index in [0.29, 0.717) is 5.56 Å². The summed E-state index contributed by atoms with van der Waals surface area (Å²) in [5.41, 5.74) is 1.19. The summed E-state index contributed by atoms with van der Waals surface area (Å²) >= 11 is 0.